The predicted molar refractivity (Wildman–Crippen MR) is 52.9 cm³/mol. The largest absolute Gasteiger partial charge is 0.478 e. The maximum Gasteiger partial charge on any atom is 0.328 e. The van der Waals surface area contributed by atoms with Crippen LogP contribution in [-0.2, 0) is 4.79 Å². The van der Waals surface area contributed by atoms with E-state index in [9.17, 15) is 4.79 Å². The Bertz CT molecular complexity index is 356. The number of carboxylic acids is 1. The molecule has 0 heterocycles. The standard InChI is InChI=1S/C10H9ClO2/c1-7-2-4-9(11)6-8(7)3-5-10(12)13/h2-6H,1H3,(H,12,13). The zero-order valence-corrected chi connectivity index (χ0v) is 7.88. The minimum Gasteiger partial charge on any atom is -0.478 e. The third kappa shape index (κ3) is 2.92. The molecular weight excluding hydrogens is 188 g/mol. The summed E-state index contributed by atoms with van der Waals surface area (Å²) in [6.45, 7) is 1.90. The summed E-state index contributed by atoms with van der Waals surface area (Å²) in [5.41, 5.74) is 1.83. The van der Waals surface area contributed by atoms with Crippen LogP contribution < -0.4 is 0 Å². The number of aryl methyl sites for hydroxylation is 1. The van der Waals surface area contributed by atoms with Gasteiger partial charge in [0.05, 0.1) is 0 Å². The molecule has 0 radical (unpaired) electrons. The lowest BCUT2D eigenvalue weighted by molar-refractivity contribution is -0.131. The van der Waals surface area contributed by atoms with E-state index in [0.717, 1.165) is 17.2 Å². The molecule has 0 saturated heterocycles. The van der Waals surface area contributed by atoms with E-state index in [2.05, 4.69) is 0 Å². The smallest absolute Gasteiger partial charge is 0.328 e. The first-order valence-electron chi connectivity index (χ1n) is 3.77. The van der Waals surface area contributed by atoms with Gasteiger partial charge in [-0.25, -0.2) is 4.79 Å². The molecule has 0 spiro atoms. The van der Waals surface area contributed by atoms with Crippen LogP contribution in [0.1, 0.15) is 11.1 Å². The fourth-order valence-corrected chi connectivity index (χ4v) is 1.13. The highest BCUT2D eigenvalue weighted by molar-refractivity contribution is 6.30. The first-order valence-corrected chi connectivity index (χ1v) is 4.14. The van der Waals surface area contributed by atoms with Gasteiger partial charge in [-0.05, 0) is 36.3 Å². The molecule has 0 amide bonds. The SMILES string of the molecule is Cc1ccc(Cl)cc1C=CC(=O)O. The average molecular weight is 197 g/mol. The molecule has 0 unspecified atom stereocenters. The first kappa shape index (κ1) is 9.81. The summed E-state index contributed by atoms with van der Waals surface area (Å²) >= 11 is 5.75. The quantitative estimate of drug-likeness (QED) is 0.739. The Morgan fingerprint density at radius 3 is 2.85 bits per heavy atom. The molecule has 0 atom stereocenters. The maximum atomic E-state index is 10.2. The van der Waals surface area contributed by atoms with Crippen molar-refractivity contribution in [2.24, 2.45) is 0 Å². The Kier molecular flexibility index (Phi) is 3.09. The molecule has 2 nitrogen and oxygen atoms in total. The summed E-state index contributed by atoms with van der Waals surface area (Å²) in [5.74, 6) is -0.959. The van der Waals surface area contributed by atoms with Crippen LogP contribution in [-0.4, -0.2) is 11.1 Å². The van der Waals surface area contributed by atoms with Crippen molar-refractivity contribution in [1.29, 1.82) is 0 Å². The van der Waals surface area contributed by atoms with Crippen molar-refractivity contribution in [3.05, 3.63) is 40.4 Å². The van der Waals surface area contributed by atoms with Crippen LogP contribution in [0.4, 0.5) is 0 Å². The van der Waals surface area contributed by atoms with Gasteiger partial charge in [0.1, 0.15) is 0 Å². The Morgan fingerprint density at radius 1 is 1.54 bits per heavy atom. The Hall–Kier alpha value is -1.28. The van der Waals surface area contributed by atoms with Crippen molar-refractivity contribution in [3.63, 3.8) is 0 Å². The Labute approximate surface area is 81.5 Å². The molecule has 1 N–H and O–H groups in total. The molecule has 3 heteroatoms. The highest BCUT2D eigenvalue weighted by Gasteiger charge is 1.95. The highest BCUT2D eigenvalue weighted by atomic mass is 35.5. The van der Waals surface area contributed by atoms with Crippen LogP contribution in [0.15, 0.2) is 24.3 Å². The van der Waals surface area contributed by atoms with Crippen molar-refractivity contribution >= 4 is 23.6 Å². The van der Waals surface area contributed by atoms with Gasteiger partial charge >= 0.3 is 5.97 Å². The van der Waals surface area contributed by atoms with Crippen LogP contribution in [0.25, 0.3) is 6.08 Å². The number of rotatable bonds is 2. The lowest BCUT2D eigenvalue weighted by Gasteiger charge is -1.99. The van der Waals surface area contributed by atoms with Crippen LogP contribution in [0.5, 0.6) is 0 Å². The molecule has 1 aromatic rings. The van der Waals surface area contributed by atoms with Crippen LogP contribution in [0.3, 0.4) is 0 Å². The average Bonchev–Trinajstić information content (AvgIpc) is 2.06. The second-order valence-corrected chi connectivity index (χ2v) is 3.11. The number of hydrogen-bond acceptors (Lipinski definition) is 1. The molecular formula is C10H9ClO2. The molecule has 0 saturated carbocycles. The lowest BCUT2D eigenvalue weighted by atomic mass is 10.1. The molecule has 68 valence electrons. The Balaban J connectivity index is 3.00. The zero-order chi connectivity index (χ0) is 9.84. The number of halogens is 1. The number of carbonyl (C=O) groups is 1. The lowest BCUT2D eigenvalue weighted by Crippen LogP contribution is -1.87. The predicted octanol–water partition coefficient (Wildman–Crippen LogP) is 2.75. The second kappa shape index (κ2) is 4.10. The minimum absolute atomic E-state index is 0.607. The third-order valence-electron chi connectivity index (χ3n) is 1.65. The molecule has 0 bridgehead atoms. The van der Waals surface area contributed by atoms with Gasteiger partial charge in [0.25, 0.3) is 0 Å². The molecule has 0 aromatic heterocycles. The molecule has 0 fully saturated rings. The van der Waals surface area contributed by atoms with Crippen molar-refractivity contribution in [2.75, 3.05) is 0 Å². The van der Waals surface area contributed by atoms with E-state index in [4.69, 9.17) is 16.7 Å². The topological polar surface area (TPSA) is 37.3 Å². The summed E-state index contributed by atoms with van der Waals surface area (Å²) in [4.78, 5) is 10.2. The summed E-state index contributed by atoms with van der Waals surface area (Å²) in [7, 11) is 0. The van der Waals surface area contributed by atoms with E-state index in [-0.39, 0.29) is 0 Å². The number of hydrogen-bond donors (Lipinski definition) is 1. The number of carboxylic acid groups (broad SMARTS) is 1. The third-order valence-corrected chi connectivity index (χ3v) is 1.88. The molecule has 0 aliphatic rings. The van der Waals surface area contributed by atoms with Crippen molar-refractivity contribution in [1.82, 2.24) is 0 Å². The number of aliphatic carboxylic acids is 1. The van der Waals surface area contributed by atoms with E-state index < -0.39 is 5.97 Å². The fourth-order valence-electron chi connectivity index (χ4n) is 0.952. The summed E-state index contributed by atoms with van der Waals surface area (Å²) in [5, 5.41) is 9.02. The van der Waals surface area contributed by atoms with Gasteiger partial charge in [-0.3, -0.25) is 0 Å². The van der Waals surface area contributed by atoms with Gasteiger partial charge in [-0.1, -0.05) is 17.7 Å². The number of benzene rings is 1. The van der Waals surface area contributed by atoms with Crippen LogP contribution in [0, 0.1) is 6.92 Å². The summed E-state index contributed by atoms with van der Waals surface area (Å²) in [6, 6.07) is 5.36. The van der Waals surface area contributed by atoms with E-state index in [1.165, 1.54) is 6.08 Å². The van der Waals surface area contributed by atoms with E-state index in [0.29, 0.717) is 5.02 Å². The van der Waals surface area contributed by atoms with Crippen molar-refractivity contribution in [2.45, 2.75) is 6.92 Å². The summed E-state index contributed by atoms with van der Waals surface area (Å²) < 4.78 is 0. The van der Waals surface area contributed by atoms with Gasteiger partial charge in [0.15, 0.2) is 0 Å². The molecule has 13 heavy (non-hydrogen) atoms. The normalized spacial score (nSPS) is 10.6. The van der Waals surface area contributed by atoms with E-state index >= 15 is 0 Å². The molecule has 1 rings (SSSR count). The zero-order valence-electron chi connectivity index (χ0n) is 7.12. The van der Waals surface area contributed by atoms with Gasteiger partial charge in [0, 0.05) is 11.1 Å². The molecule has 1 aromatic carbocycles. The van der Waals surface area contributed by atoms with Crippen molar-refractivity contribution in [3.8, 4) is 0 Å². The van der Waals surface area contributed by atoms with Crippen molar-refractivity contribution < 1.29 is 9.90 Å². The van der Waals surface area contributed by atoms with Gasteiger partial charge in [0.2, 0.25) is 0 Å². The van der Waals surface area contributed by atoms with Crippen LogP contribution in [0.2, 0.25) is 5.02 Å². The highest BCUT2D eigenvalue weighted by Crippen LogP contribution is 2.16. The minimum atomic E-state index is -0.959. The van der Waals surface area contributed by atoms with E-state index in [1.807, 2.05) is 13.0 Å². The first-order chi connectivity index (χ1) is 6.09. The van der Waals surface area contributed by atoms with Gasteiger partial charge in [-0.2, -0.15) is 0 Å². The molecule has 0 aliphatic carbocycles. The Morgan fingerprint density at radius 2 is 2.23 bits per heavy atom. The second-order valence-electron chi connectivity index (χ2n) is 2.67. The van der Waals surface area contributed by atoms with E-state index in [1.54, 1.807) is 12.1 Å². The fraction of sp³-hybridized carbons (Fsp3) is 0.100. The van der Waals surface area contributed by atoms with Gasteiger partial charge in [-0.15, -0.1) is 0 Å². The van der Waals surface area contributed by atoms with Crippen LogP contribution >= 0.6 is 11.6 Å². The van der Waals surface area contributed by atoms with Gasteiger partial charge < -0.3 is 5.11 Å². The molecule has 0 aliphatic heterocycles. The monoisotopic (exact) mass is 196 g/mol. The summed E-state index contributed by atoms with van der Waals surface area (Å²) in [6.07, 6.45) is 2.63. The maximum absolute atomic E-state index is 10.2.